The molecule has 4 rings (SSSR count). The normalized spacial score (nSPS) is 19.0. The van der Waals surface area contributed by atoms with Crippen LogP contribution >= 0.6 is 0 Å². The van der Waals surface area contributed by atoms with Gasteiger partial charge in [0.2, 0.25) is 0 Å². The molecule has 3 N–H and O–H groups in total. The lowest BCUT2D eigenvalue weighted by molar-refractivity contribution is -0.142. The molecule has 0 bridgehead atoms. The number of primary amides is 1. The second-order valence-electron chi connectivity index (χ2n) is 9.24. The zero-order chi connectivity index (χ0) is 21.7. The molecule has 0 atom stereocenters. The first kappa shape index (κ1) is 20.8. The summed E-state index contributed by atoms with van der Waals surface area (Å²) in [5.74, 6) is -0.568. The number of hydrogen-bond acceptors (Lipinski definition) is 3. The van der Waals surface area contributed by atoms with E-state index in [-0.39, 0.29) is 17.0 Å². The van der Waals surface area contributed by atoms with E-state index < -0.39 is 17.8 Å². The molecular weight excluding hydrogens is 393 g/mol. The van der Waals surface area contributed by atoms with E-state index >= 15 is 0 Å². The van der Waals surface area contributed by atoms with E-state index in [0.717, 1.165) is 25.7 Å². The number of nitrogens with zero attached hydrogens (tertiary/aromatic N) is 2. The fourth-order valence-corrected chi connectivity index (χ4v) is 4.66. The Labute approximate surface area is 173 Å². The van der Waals surface area contributed by atoms with Gasteiger partial charge in [-0.25, -0.2) is 4.68 Å². The van der Waals surface area contributed by atoms with E-state index in [4.69, 9.17) is 5.73 Å². The minimum Gasteiger partial charge on any atom is -0.382 e. The van der Waals surface area contributed by atoms with E-state index in [1.54, 1.807) is 18.2 Å². The molecule has 2 aliphatic carbocycles. The SMILES string of the molecule is CC1(C)CCc2c(C(F)(F)F)nn(-c3ccc(C(N)=O)c(NC4CCCC4)c3)c2C1. The van der Waals surface area contributed by atoms with Crippen LogP contribution in [0.5, 0.6) is 0 Å². The molecule has 0 saturated heterocycles. The molecule has 0 spiro atoms. The third-order valence-corrected chi connectivity index (χ3v) is 6.28. The summed E-state index contributed by atoms with van der Waals surface area (Å²) in [5, 5.41) is 7.36. The molecule has 1 fully saturated rings. The van der Waals surface area contributed by atoms with Crippen molar-refractivity contribution < 1.29 is 18.0 Å². The molecule has 8 heteroatoms. The number of carbonyl (C=O) groups is 1. The van der Waals surface area contributed by atoms with Crippen LogP contribution in [0.4, 0.5) is 18.9 Å². The van der Waals surface area contributed by atoms with Gasteiger partial charge in [0, 0.05) is 23.0 Å². The molecule has 0 aliphatic heterocycles. The molecule has 30 heavy (non-hydrogen) atoms. The highest BCUT2D eigenvalue weighted by Crippen LogP contribution is 2.42. The lowest BCUT2D eigenvalue weighted by Gasteiger charge is -2.30. The fourth-order valence-electron chi connectivity index (χ4n) is 4.66. The number of rotatable bonds is 4. The van der Waals surface area contributed by atoms with Gasteiger partial charge >= 0.3 is 6.18 Å². The molecule has 0 radical (unpaired) electrons. The van der Waals surface area contributed by atoms with E-state index in [9.17, 15) is 18.0 Å². The van der Waals surface area contributed by atoms with Crippen LogP contribution in [0.3, 0.4) is 0 Å². The Morgan fingerprint density at radius 1 is 1.27 bits per heavy atom. The van der Waals surface area contributed by atoms with Gasteiger partial charge in [-0.2, -0.15) is 18.3 Å². The third-order valence-electron chi connectivity index (χ3n) is 6.28. The number of hydrogen-bond donors (Lipinski definition) is 2. The van der Waals surface area contributed by atoms with Crippen LogP contribution in [-0.4, -0.2) is 21.7 Å². The molecule has 162 valence electrons. The van der Waals surface area contributed by atoms with Crippen LogP contribution < -0.4 is 11.1 Å². The molecule has 0 unspecified atom stereocenters. The van der Waals surface area contributed by atoms with Gasteiger partial charge in [0.15, 0.2) is 5.69 Å². The van der Waals surface area contributed by atoms with Crippen molar-refractivity contribution in [1.82, 2.24) is 9.78 Å². The fraction of sp³-hybridized carbons (Fsp3) is 0.545. The minimum atomic E-state index is -4.51. The molecule has 2 aromatic rings. The maximum atomic E-state index is 13.7. The summed E-state index contributed by atoms with van der Waals surface area (Å²) in [5.41, 5.74) is 6.90. The van der Waals surface area contributed by atoms with Crippen LogP contribution in [0.25, 0.3) is 5.69 Å². The van der Waals surface area contributed by atoms with Gasteiger partial charge in [0.05, 0.1) is 11.3 Å². The second-order valence-corrected chi connectivity index (χ2v) is 9.24. The maximum Gasteiger partial charge on any atom is 0.435 e. The largest absolute Gasteiger partial charge is 0.435 e. The van der Waals surface area contributed by atoms with Crippen LogP contribution in [0.2, 0.25) is 0 Å². The molecule has 1 saturated carbocycles. The standard InChI is InChI=1S/C22H27F3N4O/c1-21(2)10-9-16-18(12-21)29(28-19(16)22(23,24)25)14-7-8-15(20(26)30)17(11-14)27-13-5-3-4-6-13/h7-8,11,13,27H,3-6,9-10,12H2,1-2H3,(H2,26,30). The molecule has 1 heterocycles. The first-order chi connectivity index (χ1) is 14.0. The average molecular weight is 420 g/mol. The van der Waals surface area contributed by atoms with Crippen molar-refractivity contribution >= 4 is 11.6 Å². The van der Waals surface area contributed by atoms with Crippen molar-refractivity contribution in [2.75, 3.05) is 5.32 Å². The monoisotopic (exact) mass is 420 g/mol. The molecule has 1 aromatic heterocycles. The van der Waals surface area contributed by atoms with Crippen LogP contribution in [-0.2, 0) is 19.0 Å². The van der Waals surface area contributed by atoms with Crippen molar-refractivity contribution in [1.29, 1.82) is 0 Å². The predicted molar refractivity (Wildman–Crippen MR) is 109 cm³/mol. The Morgan fingerprint density at radius 2 is 1.97 bits per heavy atom. The zero-order valence-electron chi connectivity index (χ0n) is 17.3. The molecule has 1 amide bonds. The lowest BCUT2D eigenvalue weighted by atomic mass is 9.76. The van der Waals surface area contributed by atoms with Crippen molar-refractivity contribution in [3.05, 3.63) is 40.7 Å². The highest BCUT2D eigenvalue weighted by atomic mass is 19.4. The van der Waals surface area contributed by atoms with E-state index in [1.165, 1.54) is 4.68 Å². The lowest BCUT2D eigenvalue weighted by Crippen LogP contribution is -2.24. The van der Waals surface area contributed by atoms with Gasteiger partial charge in [0.25, 0.3) is 5.91 Å². The van der Waals surface area contributed by atoms with Crippen LogP contribution in [0.1, 0.15) is 73.3 Å². The number of benzene rings is 1. The first-order valence-electron chi connectivity index (χ1n) is 10.4. The Balaban J connectivity index is 1.82. The number of aromatic nitrogens is 2. The third kappa shape index (κ3) is 3.91. The summed E-state index contributed by atoms with van der Waals surface area (Å²) in [6, 6.07) is 5.13. The number of alkyl halides is 3. The van der Waals surface area contributed by atoms with Gasteiger partial charge in [-0.3, -0.25) is 4.79 Å². The number of carbonyl (C=O) groups excluding carboxylic acids is 1. The smallest absolute Gasteiger partial charge is 0.382 e. The van der Waals surface area contributed by atoms with E-state index in [0.29, 0.717) is 41.9 Å². The van der Waals surface area contributed by atoms with Crippen LogP contribution in [0, 0.1) is 5.41 Å². The number of fused-ring (bicyclic) bond motifs is 1. The summed E-state index contributed by atoms with van der Waals surface area (Å²) in [6.45, 7) is 4.12. The minimum absolute atomic E-state index is 0.105. The second kappa shape index (κ2) is 7.32. The molecular formula is C22H27F3N4O. The Kier molecular flexibility index (Phi) is 5.06. The first-order valence-corrected chi connectivity index (χ1v) is 10.4. The Bertz CT molecular complexity index is 971. The quantitative estimate of drug-likeness (QED) is 0.742. The highest BCUT2D eigenvalue weighted by Gasteiger charge is 2.42. The van der Waals surface area contributed by atoms with Crippen molar-refractivity contribution in [3.63, 3.8) is 0 Å². The van der Waals surface area contributed by atoms with E-state index in [2.05, 4.69) is 24.3 Å². The summed E-state index contributed by atoms with van der Waals surface area (Å²) in [6.07, 6.45) is 1.24. The van der Waals surface area contributed by atoms with Crippen molar-refractivity contribution in [2.45, 2.75) is 71.0 Å². The number of anilines is 1. The topological polar surface area (TPSA) is 72.9 Å². The summed E-state index contributed by atoms with van der Waals surface area (Å²) >= 11 is 0. The Hall–Kier alpha value is -2.51. The Morgan fingerprint density at radius 3 is 2.60 bits per heavy atom. The number of nitrogens with two attached hydrogens (primary N) is 1. The zero-order valence-corrected chi connectivity index (χ0v) is 17.3. The van der Waals surface area contributed by atoms with Gasteiger partial charge in [0.1, 0.15) is 0 Å². The summed E-state index contributed by atoms with van der Waals surface area (Å²) < 4.78 is 42.4. The highest BCUT2D eigenvalue weighted by molar-refractivity contribution is 5.99. The van der Waals surface area contributed by atoms with Crippen molar-refractivity contribution in [2.24, 2.45) is 11.1 Å². The van der Waals surface area contributed by atoms with Gasteiger partial charge in [-0.05, 0) is 55.7 Å². The number of nitrogens with one attached hydrogen (secondary N) is 1. The number of halogens is 3. The van der Waals surface area contributed by atoms with Crippen molar-refractivity contribution in [3.8, 4) is 5.69 Å². The maximum absolute atomic E-state index is 13.7. The van der Waals surface area contributed by atoms with Gasteiger partial charge in [-0.1, -0.05) is 26.7 Å². The van der Waals surface area contributed by atoms with Gasteiger partial charge in [-0.15, -0.1) is 0 Å². The van der Waals surface area contributed by atoms with Gasteiger partial charge < -0.3 is 11.1 Å². The van der Waals surface area contributed by atoms with E-state index in [1.807, 2.05) is 0 Å². The summed E-state index contributed by atoms with van der Waals surface area (Å²) in [4.78, 5) is 11.9. The molecule has 2 aliphatic rings. The number of amides is 1. The predicted octanol–water partition coefficient (Wildman–Crippen LogP) is 4.86. The average Bonchev–Trinajstić information content (AvgIpc) is 3.27. The molecule has 1 aromatic carbocycles. The van der Waals surface area contributed by atoms with Crippen LogP contribution in [0.15, 0.2) is 18.2 Å². The summed E-state index contributed by atoms with van der Waals surface area (Å²) in [7, 11) is 0. The molecule has 5 nitrogen and oxygen atoms in total.